The van der Waals surface area contributed by atoms with Crippen LogP contribution >= 0.6 is 23.7 Å². The van der Waals surface area contributed by atoms with Gasteiger partial charge in [-0.2, -0.15) is 0 Å². The Hall–Kier alpha value is -2.44. The number of halogens is 2. The third-order valence-electron chi connectivity index (χ3n) is 7.87. The fourth-order valence-electron chi connectivity index (χ4n) is 5.52. The van der Waals surface area contributed by atoms with Crippen LogP contribution in [0.25, 0.3) is 0 Å². The van der Waals surface area contributed by atoms with E-state index in [9.17, 15) is 14.0 Å². The highest BCUT2D eigenvalue weighted by atomic mass is 35.5. The third kappa shape index (κ3) is 7.44. The second kappa shape index (κ2) is 13.5. The van der Waals surface area contributed by atoms with Gasteiger partial charge in [-0.3, -0.25) is 14.5 Å². The molecule has 3 N–H and O–H groups in total. The molecule has 0 saturated carbocycles. The number of carbonyl (C=O) groups excluding carboxylic acids is 2. The Labute approximate surface area is 244 Å². The molecule has 3 aliphatic rings. The van der Waals surface area contributed by atoms with E-state index < -0.39 is 17.9 Å². The van der Waals surface area contributed by atoms with Crippen LogP contribution in [-0.4, -0.2) is 77.4 Å². The summed E-state index contributed by atoms with van der Waals surface area (Å²) < 4.78 is 18.4. The summed E-state index contributed by atoms with van der Waals surface area (Å²) in [6, 6.07) is 7.38. The van der Waals surface area contributed by atoms with Gasteiger partial charge < -0.3 is 15.5 Å². The Balaban J connectivity index is 1.10. The Morgan fingerprint density at radius 1 is 1.10 bits per heavy atom. The number of anilines is 2. The molecule has 5 rings (SSSR count). The first-order valence-corrected chi connectivity index (χ1v) is 15.1. The van der Waals surface area contributed by atoms with Gasteiger partial charge in [0.2, 0.25) is 11.8 Å². The lowest BCUT2D eigenvalue weighted by atomic mass is 10.0. The van der Waals surface area contributed by atoms with Gasteiger partial charge in [-0.1, -0.05) is 18.0 Å². The summed E-state index contributed by atoms with van der Waals surface area (Å²) in [4.78, 5) is 35.5. The van der Waals surface area contributed by atoms with E-state index in [1.54, 1.807) is 11.4 Å². The van der Waals surface area contributed by atoms with Gasteiger partial charge in [0.05, 0.1) is 11.1 Å². The van der Waals surface area contributed by atoms with Gasteiger partial charge in [-0.05, 0) is 88.1 Å². The molecule has 2 atom stereocenters. The molecule has 0 bridgehead atoms. The lowest BCUT2D eigenvalue weighted by Crippen LogP contribution is -2.56. The fourth-order valence-corrected chi connectivity index (χ4v) is 6.51. The molecule has 216 valence electrons. The molecule has 0 radical (unpaired) electrons. The van der Waals surface area contributed by atoms with Crippen LogP contribution in [0.2, 0.25) is 5.02 Å². The number of amides is 2. The Morgan fingerprint density at radius 3 is 2.62 bits per heavy atom. The second-order valence-electron chi connectivity index (χ2n) is 10.8. The van der Waals surface area contributed by atoms with Gasteiger partial charge in [0.1, 0.15) is 17.7 Å². The quantitative estimate of drug-likeness (QED) is 0.420. The minimum absolute atomic E-state index is 0.0601. The predicted octanol–water partition coefficient (Wildman–Crippen LogP) is 3.81. The number of nitrogens with one attached hydrogen (secondary N) is 3. The van der Waals surface area contributed by atoms with Crippen LogP contribution in [0.3, 0.4) is 0 Å². The zero-order valence-electron chi connectivity index (χ0n) is 22.7. The SMILES string of the molecule is CN1SNC(C(=O)NC2CCN(c3cc(CN4CCCCC4)ccn3)CC2)CC1C(=O)Nc1ccc(F)c(Cl)c1. The molecule has 2 amide bonds. The van der Waals surface area contributed by atoms with Crippen molar-refractivity contribution in [3.05, 3.63) is 52.9 Å². The summed E-state index contributed by atoms with van der Waals surface area (Å²) in [5.74, 6) is 0.0713. The molecule has 40 heavy (non-hydrogen) atoms. The molecule has 9 nitrogen and oxygen atoms in total. The highest BCUT2D eigenvalue weighted by molar-refractivity contribution is 7.95. The summed E-state index contributed by atoms with van der Waals surface area (Å²) in [6.07, 6.45) is 7.77. The van der Waals surface area contributed by atoms with Gasteiger partial charge >= 0.3 is 0 Å². The van der Waals surface area contributed by atoms with Gasteiger partial charge in [0.25, 0.3) is 0 Å². The van der Waals surface area contributed by atoms with Gasteiger partial charge in [-0.25, -0.2) is 18.4 Å². The summed E-state index contributed by atoms with van der Waals surface area (Å²) in [6.45, 7) is 4.96. The average molecular weight is 590 g/mol. The molecule has 2 unspecified atom stereocenters. The largest absolute Gasteiger partial charge is 0.356 e. The van der Waals surface area contributed by atoms with Crippen molar-refractivity contribution in [3.8, 4) is 0 Å². The van der Waals surface area contributed by atoms with Crippen molar-refractivity contribution in [1.82, 2.24) is 24.2 Å². The lowest BCUT2D eigenvalue weighted by molar-refractivity contribution is -0.125. The molecule has 12 heteroatoms. The van der Waals surface area contributed by atoms with Crippen LogP contribution in [0.4, 0.5) is 15.9 Å². The van der Waals surface area contributed by atoms with Crippen LogP contribution in [0.5, 0.6) is 0 Å². The van der Waals surface area contributed by atoms with E-state index in [4.69, 9.17) is 11.6 Å². The maximum Gasteiger partial charge on any atom is 0.242 e. The van der Waals surface area contributed by atoms with Gasteiger partial charge in [0.15, 0.2) is 0 Å². The molecule has 3 fully saturated rings. The first-order chi connectivity index (χ1) is 19.4. The molecular formula is C28H37ClFN7O2S. The molecule has 3 aliphatic heterocycles. The fraction of sp³-hybridized carbons (Fsp3) is 0.536. The number of carbonyl (C=O) groups is 2. The highest BCUT2D eigenvalue weighted by Gasteiger charge is 2.36. The average Bonchev–Trinajstić information content (AvgIpc) is 2.96. The first kappa shape index (κ1) is 29.1. The number of likely N-dealkylation sites (N-methyl/N-ethyl adjacent to an activating group) is 1. The summed E-state index contributed by atoms with van der Waals surface area (Å²) in [7, 11) is 1.79. The number of aromatic nitrogens is 1. The van der Waals surface area contributed by atoms with Crippen molar-refractivity contribution in [2.45, 2.75) is 63.2 Å². The lowest BCUT2D eigenvalue weighted by Gasteiger charge is -2.37. The Kier molecular flexibility index (Phi) is 9.80. The molecule has 2 aromatic rings. The number of rotatable bonds is 7. The number of benzene rings is 1. The number of nitrogens with zero attached hydrogens (tertiary/aromatic N) is 4. The summed E-state index contributed by atoms with van der Waals surface area (Å²) >= 11 is 7.08. The number of hydrogen-bond acceptors (Lipinski definition) is 8. The van der Waals surface area contributed by atoms with Crippen molar-refractivity contribution >= 4 is 47.1 Å². The maximum absolute atomic E-state index is 13.5. The Morgan fingerprint density at radius 2 is 1.88 bits per heavy atom. The molecule has 0 aliphatic carbocycles. The zero-order chi connectivity index (χ0) is 28.1. The zero-order valence-corrected chi connectivity index (χ0v) is 24.3. The van der Waals surface area contributed by atoms with Crippen molar-refractivity contribution in [2.75, 3.05) is 43.4 Å². The number of piperidine rings is 2. The van der Waals surface area contributed by atoms with E-state index in [-0.39, 0.29) is 22.9 Å². The first-order valence-electron chi connectivity index (χ1n) is 14.0. The summed E-state index contributed by atoms with van der Waals surface area (Å²) in [5.41, 5.74) is 1.71. The smallest absolute Gasteiger partial charge is 0.242 e. The van der Waals surface area contributed by atoms with E-state index in [0.29, 0.717) is 12.1 Å². The maximum atomic E-state index is 13.5. The molecule has 1 aromatic heterocycles. The van der Waals surface area contributed by atoms with Crippen molar-refractivity contribution in [3.63, 3.8) is 0 Å². The normalized spacial score (nSPS) is 23.1. The third-order valence-corrected chi connectivity index (χ3v) is 9.10. The monoisotopic (exact) mass is 589 g/mol. The van der Waals surface area contributed by atoms with Crippen LogP contribution < -0.4 is 20.3 Å². The van der Waals surface area contributed by atoms with Crippen LogP contribution in [0, 0.1) is 5.82 Å². The number of pyridine rings is 1. The van der Waals surface area contributed by atoms with Gasteiger partial charge in [-0.15, -0.1) is 0 Å². The minimum atomic E-state index is -0.547. The second-order valence-corrected chi connectivity index (χ2v) is 12.2. The van der Waals surface area contributed by atoms with Crippen molar-refractivity contribution in [2.24, 2.45) is 0 Å². The molecule has 0 spiro atoms. The van der Waals surface area contributed by atoms with E-state index in [2.05, 4.69) is 42.3 Å². The van der Waals surface area contributed by atoms with Crippen molar-refractivity contribution < 1.29 is 14.0 Å². The topological polar surface area (TPSA) is 92.8 Å². The molecule has 1 aromatic carbocycles. The van der Waals surface area contributed by atoms with E-state index in [1.165, 1.54) is 68.2 Å². The molecule has 4 heterocycles. The van der Waals surface area contributed by atoms with Crippen LogP contribution in [0.15, 0.2) is 36.5 Å². The predicted molar refractivity (Wildman–Crippen MR) is 157 cm³/mol. The van der Waals surface area contributed by atoms with E-state index >= 15 is 0 Å². The van der Waals surface area contributed by atoms with E-state index in [1.807, 2.05) is 6.20 Å². The van der Waals surface area contributed by atoms with Crippen molar-refractivity contribution in [1.29, 1.82) is 0 Å². The minimum Gasteiger partial charge on any atom is -0.356 e. The Bertz CT molecular complexity index is 1190. The number of hydrogen-bond donors (Lipinski definition) is 3. The van der Waals surface area contributed by atoms with Crippen LogP contribution in [-0.2, 0) is 16.1 Å². The summed E-state index contributed by atoms with van der Waals surface area (Å²) in [5, 5.41) is 5.91. The standard InChI is InChI=1S/C28H37ClFN7O2S/c1-35-25(28(39)33-21-5-6-23(30)22(29)16-21)17-24(34-40-35)27(38)32-20-8-13-37(14-9-20)26-15-19(7-10-31-26)18-36-11-3-2-4-12-36/h5-7,10,15-16,20,24-25,34H,2-4,8-9,11-14,17-18H2,1H3,(H,32,38)(H,33,39). The number of likely N-dealkylation sites (tertiary alicyclic amines) is 1. The van der Waals surface area contributed by atoms with Gasteiger partial charge in [0, 0.05) is 49.7 Å². The molecule has 3 saturated heterocycles. The highest BCUT2D eigenvalue weighted by Crippen LogP contribution is 2.25. The molecular weight excluding hydrogens is 553 g/mol. The van der Waals surface area contributed by atoms with Crippen LogP contribution in [0.1, 0.15) is 44.1 Å². The van der Waals surface area contributed by atoms with E-state index in [0.717, 1.165) is 38.3 Å².